The zero-order chi connectivity index (χ0) is 19.4. The maximum absolute atomic E-state index is 12.7. The van der Waals surface area contributed by atoms with E-state index in [1.165, 1.54) is 24.3 Å². The van der Waals surface area contributed by atoms with Crippen molar-refractivity contribution in [3.8, 4) is 11.4 Å². The summed E-state index contributed by atoms with van der Waals surface area (Å²) >= 11 is 3.31. The van der Waals surface area contributed by atoms with Crippen LogP contribution in [0.2, 0.25) is 0 Å². The Morgan fingerprint density at radius 1 is 1.30 bits per heavy atom. The van der Waals surface area contributed by atoms with Crippen molar-refractivity contribution in [3.63, 3.8) is 0 Å². The second-order valence-electron chi connectivity index (χ2n) is 6.76. The standard InChI is InChI=1S/C17H14BrF2N3O3S/c1-17(4-5-17)23-27(24,25)10-6-11-14(22-26-15(11)12(18)7-10)13-3-2-9(8-21-13)16(19)20/h2-3,6-8,16,23H,4-5H2,1H3. The summed E-state index contributed by atoms with van der Waals surface area (Å²) in [6.45, 7) is 1.84. The van der Waals surface area contributed by atoms with E-state index in [0.717, 1.165) is 19.0 Å². The van der Waals surface area contributed by atoms with E-state index in [2.05, 4.69) is 30.8 Å². The van der Waals surface area contributed by atoms with Gasteiger partial charge in [0, 0.05) is 17.3 Å². The lowest BCUT2D eigenvalue weighted by Gasteiger charge is -2.12. The second-order valence-corrected chi connectivity index (χ2v) is 9.29. The van der Waals surface area contributed by atoms with E-state index >= 15 is 0 Å². The lowest BCUT2D eigenvalue weighted by Crippen LogP contribution is -2.34. The summed E-state index contributed by atoms with van der Waals surface area (Å²) in [6, 6.07) is 5.54. The minimum Gasteiger partial charge on any atom is -0.354 e. The molecule has 1 N–H and O–H groups in total. The topological polar surface area (TPSA) is 85.1 Å². The van der Waals surface area contributed by atoms with Gasteiger partial charge in [0.15, 0.2) is 5.58 Å². The van der Waals surface area contributed by atoms with Gasteiger partial charge in [-0.15, -0.1) is 0 Å². The minimum absolute atomic E-state index is 0.0589. The van der Waals surface area contributed by atoms with Crippen molar-refractivity contribution in [2.45, 2.75) is 36.6 Å². The molecule has 27 heavy (non-hydrogen) atoms. The molecule has 1 aliphatic rings. The third-order valence-corrected chi connectivity index (χ3v) is 6.68. The first-order valence-electron chi connectivity index (χ1n) is 8.06. The van der Waals surface area contributed by atoms with Crippen LogP contribution in [0.5, 0.6) is 0 Å². The molecule has 1 fully saturated rings. The Hall–Kier alpha value is -1.91. The van der Waals surface area contributed by atoms with E-state index in [1.807, 2.05) is 6.92 Å². The molecule has 10 heteroatoms. The number of halogens is 3. The fourth-order valence-corrected chi connectivity index (χ4v) is 4.87. The zero-order valence-corrected chi connectivity index (χ0v) is 16.4. The van der Waals surface area contributed by atoms with Gasteiger partial charge in [-0.05, 0) is 60.0 Å². The summed E-state index contributed by atoms with van der Waals surface area (Å²) in [6.07, 6.45) is 0.00996. The quantitative estimate of drug-likeness (QED) is 0.612. The third kappa shape index (κ3) is 3.48. The zero-order valence-electron chi connectivity index (χ0n) is 14.0. The smallest absolute Gasteiger partial charge is 0.265 e. The molecule has 0 bridgehead atoms. The van der Waals surface area contributed by atoms with E-state index in [-0.39, 0.29) is 16.2 Å². The lowest BCUT2D eigenvalue weighted by atomic mass is 10.1. The first kappa shape index (κ1) is 18.5. The number of pyridine rings is 1. The van der Waals surface area contributed by atoms with Crippen molar-refractivity contribution in [1.29, 1.82) is 0 Å². The van der Waals surface area contributed by atoms with Crippen LogP contribution >= 0.6 is 15.9 Å². The normalized spacial score (nSPS) is 16.2. The van der Waals surface area contributed by atoms with Gasteiger partial charge in [-0.25, -0.2) is 21.9 Å². The Labute approximate surface area is 162 Å². The summed E-state index contributed by atoms with van der Waals surface area (Å²) in [5.41, 5.74) is 0.312. The largest absolute Gasteiger partial charge is 0.354 e. The van der Waals surface area contributed by atoms with E-state index < -0.39 is 22.0 Å². The molecule has 0 atom stereocenters. The molecule has 2 heterocycles. The highest BCUT2D eigenvalue weighted by Crippen LogP contribution is 2.38. The van der Waals surface area contributed by atoms with Gasteiger partial charge in [0.25, 0.3) is 6.43 Å². The van der Waals surface area contributed by atoms with Gasteiger partial charge in [0.05, 0.1) is 20.4 Å². The van der Waals surface area contributed by atoms with Crippen LogP contribution in [0.4, 0.5) is 8.78 Å². The van der Waals surface area contributed by atoms with Crippen molar-refractivity contribution in [2.75, 3.05) is 0 Å². The highest BCUT2D eigenvalue weighted by molar-refractivity contribution is 9.10. The summed E-state index contributed by atoms with van der Waals surface area (Å²) in [4.78, 5) is 4.06. The number of hydrogen-bond donors (Lipinski definition) is 1. The predicted molar refractivity (Wildman–Crippen MR) is 97.9 cm³/mol. The molecule has 3 aromatic rings. The van der Waals surface area contributed by atoms with Crippen molar-refractivity contribution in [2.24, 2.45) is 0 Å². The van der Waals surface area contributed by atoms with Crippen LogP contribution in [-0.2, 0) is 10.0 Å². The summed E-state index contributed by atoms with van der Waals surface area (Å²) < 4.78 is 59.2. The molecule has 1 aromatic carbocycles. The van der Waals surface area contributed by atoms with Gasteiger partial charge in [-0.3, -0.25) is 4.98 Å². The SMILES string of the molecule is CC1(NS(=O)(=O)c2cc(Br)c3onc(-c4ccc(C(F)F)cn4)c3c2)CC1. The predicted octanol–water partition coefficient (Wildman–Crippen LogP) is 4.42. The minimum atomic E-state index is -3.73. The van der Waals surface area contributed by atoms with Crippen molar-refractivity contribution >= 4 is 36.9 Å². The number of benzene rings is 1. The van der Waals surface area contributed by atoms with Crippen LogP contribution in [0.15, 0.2) is 44.4 Å². The van der Waals surface area contributed by atoms with Crippen molar-refractivity contribution in [1.82, 2.24) is 14.9 Å². The molecule has 0 aliphatic heterocycles. The summed E-state index contributed by atoms with van der Waals surface area (Å²) in [5, 5.41) is 4.36. The summed E-state index contributed by atoms with van der Waals surface area (Å²) in [7, 11) is -3.73. The van der Waals surface area contributed by atoms with E-state index in [9.17, 15) is 17.2 Å². The van der Waals surface area contributed by atoms with Crippen molar-refractivity contribution in [3.05, 3.63) is 40.5 Å². The van der Waals surface area contributed by atoms with Gasteiger partial charge < -0.3 is 4.52 Å². The number of alkyl halides is 2. The fourth-order valence-electron chi connectivity index (χ4n) is 2.66. The maximum atomic E-state index is 12.7. The van der Waals surface area contributed by atoms with E-state index in [4.69, 9.17) is 4.52 Å². The van der Waals surface area contributed by atoms with Crippen molar-refractivity contribution < 1.29 is 21.7 Å². The monoisotopic (exact) mass is 457 g/mol. The second kappa shape index (κ2) is 6.32. The summed E-state index contributed by atoms with van der Waals surface area (Å²) in [5.74, 6) is 0. The Kier molecular flexibility index (Phi) is 4.32. The first-order valence-corrected chi connectivity index (χ1v) is 10.3. The molecule has 4 rings (SSSR count). The Morgan fingerprint density at radius 2 is 2.04 bits per heavy atom. The average Bonchev–Trinajstić information content (AvgIpc) is 3.16. The van der Waals surface area contributed by atoms with Gasteiger partial charge >= 0.3 is 0 Å². The molecule has 0 unspecified atom stereocenters. The molecule has 1 aliphatic carbocycles. The number of nitrogens with one attached hydrogen (secondary N) is 1. The van der Waals surface area contributed by atoms with Crippen LogP contribution in [0, 0.1) is 0 Å². The number of sulfonamides is 1. The Morgan fingerprint density at radius 3 is 2.63 bits per heavy atom. The molecule has 0 amide bonds. The Balaban J connectivity index is 1.80. The molecule has 2 aromatic heterocycles. The number of hydrogen-bond acceptors (Lipinski definition) is 5. The van der Waals surface area contributed by atoms with Gasteiger partial charge in [0.2, 0.25) is 10.0 Å². The molecule has 142 valence electrons. The van der Waals surface area contributed by atoms with Gasteiger partial charge in [-0.2, -0.15) is 0 Å². The first-order chi connectivity index (χ1) is 12.7. The fraction of sp³-hybridized carbons (Fsp3) is 0.294. The highest BCUT2D eigenvalue weighted by atomic mass is 79.9. The van der Waals surface area contributed by atoms with Gasteiger partial charge in [-0.1, -0.05) is 5.16 Å². The van der Waals surface area contributed by atoms with Crippen LogP contribution in [0.1, 0.15) is 31.8 Å². The van der Waals surface area contributed by atoms with Gasteiger partial charge in [0.1, 0.15) is 5.69 Å². The molecule has 0 spiro atoms. The average molecular weight is 458 g/mol. The highest BCUT2D eigenvalue weighted by Gasteiger charge is 2.41. The van der Waals surface area contributed by atoms with Crippen LogP contribution < -0.4 is 4.72 Å². The maximum Gasteiger partial charge on any atom is 0.265 e. The number of rotatable bonds is 5. The van der Waals surface area contributed by atoms with Crippen LogP contribution in [0.3, 0.4) is 0 Å². The molecule has 0 radical (unpaired) electrons. The molecule has 6 nitrogen and oxygen atoms in total. The number of fused-ring (bicyclic) bond motifs is 1. The van der Waals surface area contributed by atoms with Crippen LogP contribution in [-0.4, -0.2) is 24.1 Å². The molecular formula is C17H14BrF2N3O3S. The molecular weight excluding hydrogens is 444 g/mol. The molecule has 0 saturated heterocycles. The molecule has 1 saturated carbocycles. The van der Waals surface area contributed by atoms with E-state index in [0.29, 0.717) is 21.1 Å². The number of aromatic nitrogens is 2. The van der Waals surface area contributed by atoms with Crippen LogP contribution in [0.25, 0.3) is 22.4 Å². The number of nitrogens with zero attached hydrogens (tertiary/aromatic N) is 2. The van der Waals surface area contributed by atoms with E-state index in [1.54, 1.807) is 0 Å². The Bertz CT molecular complexity index is 1130. The lowest BCUT2D eigenvalue weighted by molar-refractivity contribution is 0.151. The third-order valence-electron chi connectivity index (χ3n) is 4.47.